The molecule has 7 rings (SSSR count). The van der Waals surface area contributed by atoms with E-state index in [1.807, 2.05) is 42.5 Å². The molecule has 0 N–H and O–H groups in total. The van der Waals surface area contributed by atoms with Crippen LogP contribution in [0, 0.1) is 0 Å². The molecule has 3 aromatic carbocycles. The van der Waals surface area contributed by atoms with Gasteiger partial charge in [0.25, 0.3) is 0 Å². The highest BCUT2D eigenvalue weighted by atomic mass is 19.4. The lowest BCUT2D eigenvalue weighted by Crippen LogP contribution is -2.49. The quantitative estimate of drug-likeness (QED) is 0.312. The summed E-state index contributed by atoms with van der Waals surface area (Å²) < 4.78 is 49.1. The number of para-hydroxylation sites is 1. The summed E-state index contributed by atoms with van der Waals surface area (Å²) >= 11 is 0. The van der Waals surface area contributed by atoms with Gasteiger partial charge in [0.05, 0.1) is 34.4 Å². The van der Waals surface area contributed by atoms with E-state index in [9.17, 15) is 22.8 Å². The summed E-state index contributed by atoms with van der Waals surface area (Å²) in [4.78, 5) is 39.3. The minimum atomic E-state index is -4.69. The Hall–Kier alpha value is -4.93. The van der Waals surface area contributed by atoms with E-state index in [-0.39, 0.29) is 42.9 Å². The molecule has 1 fully saturated rings. The number of alkyl halides is 3. The molecule has 3 aliphatic rings. The molecule has 0 saturated carbocycles. The average molecular weight is 614 g/mol. The molecule has 45 heavy (non-hydrogen) atoms. The van der Waals surface area contributed by atoms with Gasteiger partial charge in [-0.2, -0.15) is 13.2 Å². The third-order valence-electron chi connectivity index (χ3n) is 8.72. The number of anilines is 3. The number of hydrogen-bond acceptors (Lipinski definition) is 6. The number of hydrogen-bond donors (Lipinski definition) is 0. The van der Waals surface area contributed by atoms with Crippen LogP contribution in [0.4, 0.5) is 35.0 Å². The van der Waals surface area contributed by atoms with Gasteiger partial charge in [-0.25, -0.2) is 9.69 Å². The molecular weight excluding hydrogens is 583 g/mol. The van der Waals surface area contributed by atoms with Crippen LogP contribution >= 0.6 is 0 Å². The third kappa shape index (κ3) is 5.26. The van der Waals surface area contributed by atoms with Crippen molar-refractivity contribution < 1.29 is 27.5 Å². The fourth-order valence-corrected chi connectivity index (χ4v) is 6.39. The molecule has 0 bridgehead atoms. The highest BCUT2D eigenvalue weighted by Gasteiger charge is 2.38. The van der Waals surface area contributed by atoms with E-state index in [2.05, 4.69) is 11.1 Å². The number of ether oxygens (including phenoxy) is 1. The predicted molar refractivity (Wildman–Crippen MR) is 164 cm³/mol. The number of rotatable bonds is 4. The van der Waals surface area contributed by atoms with Gasteiger partial charge in [-0.15, -0.1) is 0 Å². The molecule has 4 heterocycles. The third-order valence-corrected chi connectivity index (χ3v) is 8.72. The number of halogens is 3. The van der Waals surface area contributed by atoms with Crippen molar-refractivity contribution in [3.63, 3.8) is 0 Å². The number of aromatic nitrogens is 1. The highest BCUT2D eigenvalue weighted by Crippen LogP contribution is 2.44. The maximum atomic E-state index is 14.6. The summed E-state index contributed by atoms with van der Waals surface area (Å²) in [7, 11) is 0. The first-order valence-electron chi connectivity index (χ1n) is 14.9. The lowest BCUT2D eigenvalue weighted by Gasteiger charge is -2.37. The van der Waals surface area contributed by atoms with Gasteiger partial charge in [-0.1, -0.05) is 37.3 Å². The number of pyridine rings is 1. The zero-order valence-electron chi connectivity index (χ0n) is 24.6. The lowest BCUT2D eigenvalue weighted by atomic mass is 9.93. The molecule has 1 aromatic heterocycles. The minimum absolute atomic E-state index is 0.0131. The normalized spacial score (nSPS) is 18.1. The van der Waals surface area contributed by atoms with E-state index in [4.69, 9.17) is 9.73 Å². The molecule has 230 valence electrons. The highest BCUT2D eigenvalue weighted by molar-refractivity contribution is 6.07. The number of fused-ring (bicyclic) bond motifs is 4. The number of carbonyl (C=O) groups is 2. The number of cyclic esters (lactones) is 1. The Labute approximate surface area is 257 Å². The molecule has 8 nitrogen and oxygen atoms in total. The van der Waals surface area contributed by atoms with E-state index < -0.39 is 17.8 Å². The van der Waals surface area contributed by atoms with E-state index in [1.54, 1.807) is 22.9 Å². The molecule has 1 unspecified atom stereocenters. The molecule has 0 radical (unpaired) electrons. The molecule has 4 aromatic rings. The van der Waals surface area contributed by atoms with Crippen molar-refractivity contribution in [2.75, 3.05) is 42.5 Å². The molecule has 0 spiro atoms. The van der Waals surface area contributed by atoms with Crippen molar-refractivity contribution in [1.29, 1.82) is 0 Å². The van der Waals surface area contributed by atoms with Crippen molar-refractivity contribution in [1.82, 2.24) is 9.88 Å². The fraction of sp³-hybridized carbons (Fsp3) is 0.294. The molecule has 3 aliphatic heterocycles. The standard InChI is InChI=1S/C34H30F3N5O3/c1-2-31(43)41-13-11-40(12-14-41)30-10-8-25(17-27(30)34(35,36)37)42-32-24(20-45-33(42)44)19-39-29-9-7-21(16-26(29)32)23-15-22-5-3-4-6-28(22)38-18-23/h3-10,15-17,19,23H,2,11-14,18,20H2,1H3. The van der Waals surface area contributed by atoms with Crippen LogP contribution in [0.1, 0.15) is 36.0 Å². The fourth-order valence-electron chi connectivity index (χ4n) is 6.39. The Kier molecular flexibility index (Phi) is 7.18. The SMILES string of the molecule is CCC(=O)N1CCN(c2ccc(N3C(=O)OCc4cnc5ccc(C6C=c7ccccc7=NC6)cc5c43)cc2C(F)(F)F)CC1. The van der Waals surface area contributed by atoms with Gasteiger partial charge >= 0.3 is 12.3 Å². The molecule has 11 heteroatoms. The van der Waals surface area contributed by atoms with Crippen LogP contribution in [0.3, 0.4) is 0 Å². The largest absolute Gasteiger partial charge is 0.444 e. The Morgan fingerprint density at radius 3 is 2.60 bits per heavy atom. The van der Waals surface area contributed by atoms with Gasteiger partial charge in [0.1, 0.15) is 6.61 Å². The van der Waals surface area contributed by atoms with Crippen LogP contribution in [0.5, 0.6) is 0 Å². The summed E-state index contributed by atoms with van der Waals surface area (Å²) in [6.45, 7) is 3.51. The summed E-state index contributed by atoms with van der Waals surface area (Å²) in [5.41, 5.74) is 1.82. The van der Waals surface area contributed by atoms with Gasteiger partial charge in [0, 0.05) is 61.4 Å². The number of carbonyl (C=O) groups excluding carboxylic acids is 2. The van der Waals surface area contributed by atoms with Gasteiger partial charge in [0.15, 0.2) is 0 Å². The van der Waals surface area contributed by atoms with Crippen LogP contribution in [0.25, 0.3) is 17.0 Å². The predicted octanol–water partition coefficient (Wildman–Crippen LogP) is 5.30. The Balaban J connectivity index is 1.29. The number of amides is 2. The maximum absolute atomic E-state index is 14.6. The molecule has 0 aliphatic carbocycles. The van der Waals surface area contributed by atoms with Crippen molar-refractivity contribution >= 4 is 46.0 Å². The van der Waals surface area contributed by atoms with Crippen LogP contribution < -0.4 is 20.4 Å². The van der Waals surface area contributed by atoms with Crippen LogP contribution in [0.2, 0.25) is 0 Å². The summed E-state index contributed by atoms with van der Waals surface area (Å²) in [6.07, 6.45) is -1.34. The van der Waals surface area contributed by atoms with E-state index in [1.165, 1.54) is 17.0 Å². The van der Waals surface area contributed by atoms with Gasteiger partial charge in [-0.05, 0) is 47.2 Å². The topological polar surface area (TPSA) is 78.3 Å². The Morgan fingerprint density at radius 1 is 1.02 bits per heavy atom. The van der Waals surface area contributed by atoms with Crippen molar-refractivity contribution in [3.05, 3.63) is 94.1 Å². The monoisotopic (exact) mass is 613 g/mol. The van der Waals surface area contributed by atoms with Crippen molar-refractivity contribution in [2.45, 2.75) is 32.0 Å². The van der Waals surface area contributed by atoms with Crippen LogP contribution in [-0.2, 0) is 22.3 Å². The van der Waals surface area contributed by atoms with Crippen LogP contribution in [-0.4, -0.2) is 54.6 Å². The molecular formula is C34H30F3N5O3. The molecule has 2 amide bonds. The smallest absolute Gasteiger partial charge is 0.419 e. The second-order valence-corrected chi connectivity index (χ2v) is 11.4. The average Bonchev–Trinajstić information content (AvgIpc) is 3.06. The number of piperazine rings is 1. The first-order valence-corrected chi connectivity index (χ1v) is 14.9. The van der Waals surface area contributed by atoms with E-state index in [0.29, 0.717) is 48.2 Å². The molecule has 1 atom stereocenters. The first kappa shape index (κ1) is 28.8. The zero-order valence-corrected chi connectivity index (χ0v) is 24.6. The first-order chi connectivity index (χ1) is 21.7. The van der Waals surface area contributed by atoms with Gasteiger partial charge < -0.3 is 14.5 Å². The second-order valence-electron chi connectivity index (χ2n) is 11.4. The Morgan fingerprint density at radius 2 is 1.82 bits per heavy atom. The number of nitrogens with zero attached hydrogens (tertiary/aromatic N) is 5. The van der Waals surface area contributed by atoms with Gasteiger partial charge in [-0.3, -0.25) is 14.8 Å². The van der Waals surface area contributed by atoms with E-state index >= 15 is 0 Å². The van der Waals surface area contributed by atoms with Crippen LogP contribution in [0.15, 0.2) is 71.9 Å². The molecule has 1 saturated heterocycles. The summed E-state index contributed by atoms with van der Waals surface area (Å²) in [5.74, 6) is -0.0397. The van der Waals surface area contributed by atoms with Crippen molar-refractivity contribution in [2.24, 2.45) is 4.99 Å². The number of benzene rings is 3. The van der Waals surface area contributed by atoms with Crippen molar-refractivity contribution in [3.8, 4) is 0 Å². The van der Waals surface area contributed by atoms with E-state index in [0.717, 1.165) is 22.2 Å². The zero-order chi connectivity index (χ0) is 31.3. The lowest BCUT2D eigenvalue weighted by molar-refractivity contribution is -0.137. The Bertz CT molecular complexity index is 1950. The maximum Gasteiger partial charge on any atom is 0.419 e. The summed E-state index contributed by atoms with van der Waals surface area (Å²) in [5, 5.41) is 2.61. The van der Waals surface area contributed by atoms with Gasteiger partial charge in [0.2, 0.25) is 5.91 Å². The second kappa shape index (κ2) is 11.2. The minimum Gasteiger partial charge on any atom is -0.444 e. The summed E-state index contributed by atoms with van der Waals surface area (Å²) in [6, 6.07) is 17.6.